The Morgan fingerprint density at radius 1 is 0.750 bits per heavy atom. The van der Waals surface area contributed by atoms with Crippen LogP contribution in [0.25, 0.3) is 0 Å². The summed E-state index contributed by atoms with van der Waals surface area (Å²) in [6.07, 6.45) is -2.54. The topological polar surface area (TPSA) is 121 Å². The van der Waals surface area contributed by atoms with E-state index in [1.165, 1.54) is 13.8 Å². The first-order valence-electron chi connectivity index (χ1n) is 5.30. The highest BCUT2D eigenvalue weighted by molar-refractivity contribution is 4.66. The molecule has 0 aliphatic heterocycles. The van der Waals surface area contributed by atoms with Crippen LogP contribution in [0.2, 0.25) is 0 Å². The Kier molecular flexibility index (Phi) is 12.8. The predicted molar refractivity (Wildman–Crippen MR) is 58.8 cm³/mol. The molecule has 0 amide bonds. The van der Waals surface area contributed by atoms with Crippen molar-refractivity contribution in [2.45, 2.75) is 51.1 Å². The highest BCUT2D eigenvalue weighted by atomic mass is 16.4. The van der Waals surface area contributed by atoms with E-state index in [0.29, 0.717) is 12.8 Å². The molecule has 0 aromatic heterocycles. The van der Waals surface area contributed by atoms with Crippen molar-refractivity contribution in [3.05, 3.63) is 0 Å². The molecule has 16 heavy (non-hydrogen) atoms. The molecule has 6 nitrogen and oxygen atoms in total. The largest absolute Gasteiger partial charge is 0.396 e. The van der Waals surface area contributed by atoms with E-state index in [1.54, 1.807) is 0 Å². The smallest absolute Gasteiger partial charge is 0.105 e. The highest BCUT2D eigenvalue weighted by Crippen LogP contribution is 1.96. The standard InChI is InChI=1S/2C5H12O3/c1-3(6)5(8)4(2)7;6-3-1-5(8)2-4-7/h3-8H,1-2H3;5-8H,1-4H2. The normalized spacial score (nSPS) is 16.3. The summed E-state index contributed by atoms with van der Waals surface area (Å²) in [5.74, 6) is 0. The van der Waals surface area contributed by atoms with Gasteiger partial charge in [0.05, 0.1) is 18.3 Å². The van der Waals surface area contributed by atoms with Gasteiger partial charge in [0.2, 0.25) is 0 Å². The molecule has 2 unspecified atom stereocenters. The van der Waals surface area contributed by atoms with Gasteiger partial charge >= 0.3 is 0 Å². The van der Waals surface area contributed by atoms with Crippen LogP contribution in [0.1, 0.15) is 26.7 Å². The minimum atomic E-state index is -1.02. The SMILES string of the molecule is CC(O)C(O)C(C)O.OCCC(O)CCO. The molecule has 0 radical (unpaired) electrons. The molecule has 6 heteroatoms. The molecular formula is C10H24O6. The quantitative estimate of drug-likeness (QED) is 0.326. The van der Waals surface area contributed by atoms with Gasteiger partial charge in [0.1, 0.15) is 6.10 Å². The molecule has 0 spiro atoms. The van der Waals surface area contributed by atoms with Gasteiger partial charge in [-0.1, -0.05) is 0 Å². The highest BCUT2D eigenvalue weighted by Gasteiger charge is 2.15. The van der Waals surface area contributed by atoms with Crippen LogP contribution < -0.4 is 0 Å². The van der Waals surface area contributed by atoms with Gasteiger partial charge < -0.3 is 30.6 Å². The molecule has 0 aliphatic carbocycles. The van der Waals surface area contributed by atoms with Gasteiger partial charge in [-0.3, -0.25) is 0 Å². The Balaban J connectivity index is 0. The molecule has 0 fully saturated rings. The first-order chi connectivity index (χ1) is 7.36. The summed E-state index contributed by atoms with van der Waals surface area (Å²) in [4.78, 5) is 0. The van der Waals surface area contributed by atoms with E-state index in [-0.39, 0.29) is 13.2 Å². The van der Waals surface area contributed by atoms with Gasteiger partial charge in [0.25, 0.3) is 0 Å². The van der Waals surface area contributed by atoms with Gasteiger partial charge in [0.15, 0.2) is 0 Å². The predicted octanol–water partition coefficient (Wildman–Crippen LogP) is -1.78. The Hall–Kier alpha value is -0.240. The number of hydrogen-bond donors (Lipinski definition) is 6. The molecule has 0 bridgehead atoms. The molecular weight excluding hydrogens is 216 g/mol. The first kappa shape index (κ1) is 18.1. The Morgan fingerprint density at radius 2 is 1.06 bits per heavy atom. The van der Waals surface area contributed by atoms with Gasteiger partial charge in [0, 0.05) is 13.2 Å². The molecule has 0 rings (SSSR count). The average molecular weight is 240 g/mol. The summed E-state index contributed by atoms with van der Waals surface area (Å²) in [5.41, 5.74) is 0. The third-order valence-corrected chi connectivity index (χ3v) is 1.91. The van der Waals surface area contributed by atoms with Crippen LogP contribution in [0.3, 0.4) is 0 Å². The molecule has 0 aromatic rings. The van der Waals surface area contributed by atoms with Crippen molar-refractivity contribution in [2.24, 2.45) is 0 Å². The Bertz CT molecular complexity index is 125. The van der Waals surface area contributed by atoms with Crippen LogP contribution in [0, 0.1) is 0 Å². The molecule has 6 N–H and O–H groups in total. The van der Waals surface area contributed by atoms with Crippen LogP contribution in [0.5, 0.6) is 0 Å². The third-order valence-electron chi connectivity index (χ3n) is 1.91. The monoisotopic (exact) mass is 240 g/mol. The maximum atomic E-state index is 8.73. The van der Waals surface area contributed by atoms with Crippen molar-refractivity contribution in [3.63, 3.8) is 0 Å². The molecule has 2 atom stereocenters. The van der Waals surface area contributed by atoms with E-state index < -0.39 is 24.4 Å². The number of rotatable bonds is 6. The van der Waals surface area contributed by atoms with Crippen LogP contribution in [-0.4, -0.2) is 68.3 Å². The summed E-state index contributed by atoms with van der Waals surface area (Å²) >= 11 is 0. The Morgan fingerprint density at radius 3 is 1.19 bits per heavy atom. The van der Waals surface area contributed by atoms with E-state index in [1.807, 2.05) is 0 Å². The van der Waals surface area contributed by atoms with Gasteiger partial charge in [-0.2, -0.15) is 0 Å². The second-order valence-electron chi connectivity index (χ2n) is 3.65. The van der Waals surface area contributed by atoms with E-state index in [4.69, 9.17) is 30.6 Å². The molecule has 0 saturated carbocycles. The van der Waals surface area contributed by atoms with Crippen molar-refractivity contribution < 1.29 is 30.6 Å². The lowest BCUT2D eigenvalue weighted by molar-refractivity contribution is -0.0438. The van der Waals surface area contributed by atoms with Crippen molar-refractivity contribution >= 4 is 0 Å². The molecule has 0 saturated heterocycles. The third kappa shape index (κ3) is 11.8. The number of aliphatic hydroxyl groups excluding tert-OH is 6. The second-order valence-corrected chi connectivity index (χ2v) is 3.65. The number of aliphatic hydroxyl groups is 6. The van der Waals surface area contributed by atoms with E-state index in [9.17, 15) is 0 Å². The fraction of sp³-hybridized carbons (Fsp3) is 1.00. The van der Waals surface area contributed by atoms with Crippen molar-refractivity contribution in [2.75, 3.05) is 13.2 Å². The average Bonchev–Trinajstić information content (AvgIpc) is 2.18. The maximum absolute atomic E-state index is 8.73. The lowest BCUT2D eigenvalue weighted by atomic mass is 10.1. The zero-order valence-electron chi connectivity index (χ0n) is 9.82. The molecule has 100 valence electrons. The van der Waals surface area contributed by atoms with Crippen molar-refractivity contribution in [1.29, 1.82) is 0 Å². The summed E-state index contributed by atoms with van der Waals surface area (Å²) in [5, 5.41) is 51.0. The number of hydrogen-bond acceptors (Lipinski definition) is 6. The maximum Gasteiger partial charge on any atom is 0.105 e. The second kappa shape index (κ2) is 11.3. The minimum Gasteiger partial charge on any atom is -0.396 e. The van der Waals surface area contributed by atoms with Gasteiger partial charge in [-0.15, -0.1) is 0 Å². The van der Waals surface area contributed by atoms with E-state index in [2.05, 4.69) is 0 Å². The van der Waals surface area contributed by atoms with Crippen LogP contribution in [0.15, 0.2) is 0 Å². The van der Waals surface area contributed by atoms with Gasteiger partial charge in [-0.05, 0) is 26.7 Å². The van der Waals surface area contributed by atoms with Crippen LogP contribution in [-0.2, 0) is 0 Å². The lowest BCUT2D eigenvalue weighted by Gasteiger charge is -2.15. The summed E-state index contributed by atoms with van der Waals surface area (Å²) in [6.45, 7) is 2.83. The summed E-state index contributed by atoms with van der Waals surface area (Å²) < 4.78 is 0. The van der Waals surface area contributed by atoms with Gasteiger partial charge in [-0.25, -0.2) is 0 Å². The molecule has 0 heterocycles. The zero-order chi connectivity index (χ0) is 13.1. The van der Waals surface area contributed by atoms with Crippen molar-refractivity contribution in [3.8, 4) is 0 Å². The Labute approximate surface area is 95.8 Å². The molecule has 0 aliphatic rings. The van der Waals surface area contributed by atoms with Crippen LogP contribution >= 0.6 is 0 Å². The van der Waals surface area contributed by atoms with Crippen LogP contribution in [0.4, 0.5) is 0 Å². The zero-order valence-corrected chi connectivity index (χ0v) is 9.82. The fourth-order valence-electron chi connectivity index (χ4n) is 0.845. The lowest BCUT2D eigenvalue weighted by Crippen LogP contribution is -2.33. The fourth-order valence-corrected chi connectivity index (χ4v) is 0.845. The molecule has 0 aromatic carbocycles. The van der Waals surface area contributed by atoms with Crippen molar-refractivity contribution in [1.82, 2.24) is 0 Å². The minimum absolute atomic E-state index is 0.0127. The van der Waals surface area contributed by atoms with E-state index >= 15 is 0 Å². The first-order valence-corrected chi connectivity index (χ1v) is 5.30. The summed E-state index contributed by atoms with van der Waals surface area (Å²) in [7, 11) is 0. The summed E-state index contributed by atoms with van der Waals surface area (Å²) in [6, 6.07) is 0. The van der Waals surface area contributed by atoms with E-state index in [0.717, 1.165) is 0 Å².